The van der Waals surface area contributed by atoms with E-state index in [0.29, 0.717) is 23.7 Å². The van der Waals surface area contributed by atoms with E-state index in [-0.39, 0.29) is 30.9 Å². The van der Waals surface area contributed by atoms with Crippen molar-refractivity contribution in [1.82, 2.24) is 0 Å². The number of rotatable bonds is 11. The lowest BCUT2D eigenvalue weighted by molar-refractivity contribution is -0.112. The predicted octanol–water partition coefficient (Wildman–Crippen LogP) is 5.64. The monoisotopic (exact) mass is 410 g/mol. The van der Waals surface area contributed by atoms with E-state index in [9.17, 15) is 13.6 Å². The van der Waals surface area contributed by atoms with Crippen LogP contribution in [0, 0.1) is 17.6 Å². The third-order valence-corrected chi connectivity index (χ3v) is 5.42. The van der Waals surface area contributed by atoms with Crippen LogP contribution in [0.5, 0.6) is 5.75 Å². The van der Waals surface area contributed by atoms with Crippen LogP contribution >= 0.6 is 0 Å². The van der Waals surface area contributed by atoms with Gasteiger partial charge in [-0.15, -0.1) is 0 Å². The zero-order chi connectivity index (χ0) is 21.2. The molecule has 1 aromatic rings. The molecule has 0 radical (unpaired) electrons. The molecule has 0 N–H and O–H groups in total. The number of allylic oxidation sites excluding steroid dienone is 1. The summed E-state index contributed by atoms with van der Waals surface area (Å²) in [5, 5.41) is 0. The minimum Gasteiger partial charge on any atom is -0.464 e. The van der Waals surface area contributed by atoms with Crippen molar-refractivity contribution < 1.29 is 27.8 Å². The van der Waals surface area contributed by atoms with Crippen molar-refractivity contribution in [3.05, 3.63) is 34.9 Å². The smallest absolute Gasteiger partial charge is 0.201 e. The lowest BCUT2D eigenvalue weighted by atomic mass is 9.77. The summed E-state index contributed by atoms with van der Waals surface area (Å²) in [5.74, 6) is -1.66. The highest BCUT2D eigenvalue weighted by Crippen LogP contribution is 2.41. The van der Waals surface area contributed by atoms with Crippen molar-refractivity contribution in [3.8, 4) is 5.75 Å². The molecule has 4 nitrogen and oxygen atoms in total. The van der Waals surface area contributed by atoms with Gasteiger partial charge in [0.2, 0.25) is 5.82 Å². The molecule has 162 valence electrons. The first-order valence-electron chi connectivity index (χ1n) is 10.4. The molecule has 0 aliphatic heterocycles. The van der Waals surface area contributed by atoms with Crippen LogP contribution in [0.15, 0.2) is 12.1 Å². The Kier molecular flexibility index (Phi) is 9.74. The Morgan fingerprint density at radius 3 is 2.52 bits per heavy atom. The summed E-state index contributed by atoms with van der Waals surface area (Å²) >= 11 is 0. The first-order valence-corrected chi connectivity index (χ1v) is 10.4. The summed E-state index contributed by atoms with van der Waals surface area (Å²) in [5.41, 5.74) is 0.716. The van der Waals surface area contributed by atoms with Crippen molar-refractivity contribution in [2.24, 2.45) is 5.92 Å². The molecule has 1 aliphatic rings. The van der Waals surface area contributed by atoms with Crippen LogP contribution in [0.3, 0.4) is 0 Å². The van der Waals surface area contributed by atoms with Gasteiger partial charge in [0.05, 0.1) is 13.2 Å². The molecule has 0 amide bonds. The molecule has 0 aromatic heterocycles. The van der Waals surface area contributed by atoms with Gasteiger partial charge in [0.15, 0.2) is 24.1 Å². The molecule has 1 aromatic carbocycles. The zero-order valence-electron chi connectivity index (χ0n) is 17.6. The van der Waals surface area contributed by atoms with Gasteiger partial charge >= 0.3 is 0 Å². The van der Waals surface area contributed by atoms with Gasteiger partial charge in [0.25, 0.3) is 0 Å². The Morgan fingerprint density at radius 2 is 1.90 bits per heavy atom. The maximum Gasteiger partial charge on any atom is 0.201 e. The van der Waals surface area contributed by atoms with Gasteiger partial charge in [-0.2, -0.15) is 4.39 Å². The Hall–Kier alpha value is -1.79. The number of halogens is 2. The standard InChI is InChI=1S/C23H32F2O4/c1-4-5-17-7-10-18(11-8-17)20-14-19(9-6-16(2)26)23(22(25)21(20)24)29-15-28-13-12-27-3/h6,9,14,17-18H,4-5,7-8,10-13,15H2,1-3H3. The Morgan fingerprint density at radius 1 is 1.17 bits per heavy atom. The molecule has 1 saturated carbocycles. The first-order chi connectivity index (χ1) is 14.0. The maximum atomic E-state index is 14.9. The molecule has 0 spiro atoms. The minimum absolute atomic E-state index is 0.0194. The number of methoxy groups -OCH3 is 1. The summed E-state index contributed by atoms with van der Waals surface area (Å²) in [6, 6.07) is 1.62. The van der Waals surface area contributed by atoms with E-state index < -0.39 is 11.6 Å². The average molecular weight is 411 g/mol. The van der Waals surface area contributed by atoms with Crippen LogP contribution in [-0.2, 0) is 14.3 Å². The highest BCUT2D eigenvalue weighted by atomic mass is 19.2. The quantitative estimate of drug-likeness (QED) is 0.269. The van der Waals surface area contributed by atoms with Gasteiger partial charge in [-0.25, -0.2) is 4.39 Å². The lowest BCUT2D eigenvalue weighted by Crippen LogP contribution is -2.16. The second kappa shape index (κ2) is 12.0. The first kappa shape index (κ1) is 23.5. The molecule has 29 heavy (non-hydrogen) atoms. The number of carbonyl (C=O) groups is 1. The topological polar surface area (TPSA) is 44.8 Å². The van der Waals surface area contributed by atoms with Gasteiger partial charge in [-0.05, 0) is 68.2 Å². The fraction of sp³-hybridized carbons (Fsp3) is 0.609. The molecular weight excluding hydrogens is 378 g/mol. The largest absolute Gasteiger partial charge is 0.464 e. The van der Waals surface area contributed by atoms with Crippen molar-refractivity contribution >= 4 is 11.9 Å². The number of benzene rings is 1. The summed E-state index contributed by atoms with van der Waals surface area (Å²) < 4.78 is 45.2. The van der Waals surface area contributed by atoms with Crippen molar-refractivity contribution in [2.75, 3.05) is 27.1 Å². The molecule has 0 heterocycles. The van der Waals surface area contributed by atoms with Crippen LogP contribution in [-0.4, -0.2) is 32.9 Å². The fourth-order valence-corrected chi connectivity index (χ4v) is 3.90. The van der Waals surface area contributed by atoms with Gasteiger partial charge in [0, 0.05) is 12.7 Å². The normalized spacial score (nSPS) is 19.6. The van der Waals surface area contributed by atoms with E-state index in [1.54, 1.807) is 13.2 Å². The summed E-state index contributed by atoms with van der Waals surface area (Å²) in [6.45, 7) is 3.99. The lowest BCUT2D eigenvalue weighted by Gasteiger charge is -2.29. The second-order valence-electron chi connectivity index (χ2n) is 7.63. The van der Waals surface area contributed by atoms with Crippen molar-refractivity contribution in [3.63, 3.8) is 0 Å². The minimum atomic E-state index is -1.03. The molecule has 0 unspecified atom stereocenters. The van der Waals surface area contributed by atoms with E-state index in [0.717, 1.165) is 32.1 Å². The van der Waals surface area contributed by atoms with Crippen molar-refractivity contribution in [1.29, 1.82) is 0 Å². The van der Waals surface area contributed by atoms with Gasteiger partial charge in [-0.1, -0.05) is 19.8 Å². The van der Waals surface area contributed by atoms with Crippen LogP contribution < -0.4 is 4.74 Å². The number of hydrogen-bond acceptors (Lipinski definition) is 4. The highest BCUT2D eigenvalue weighted by Gasteiger charge is 2.28. The molecule has 0 bridgehead atoms. The Bertz CT molecular complexity index is 695. The summed E-state index contributed by atoms with van der Waals surface area (Å²) in [6.07, 6.45) is 8.89. The average Bonchev–Trinajstić information content (AvgIpc) is 2.71. The van der Waals surface area contributed by atoms with E-state index in [4.69, 9.17) is 14.2 Å². The fourth-order valence-electron chi connectivity index (χ4n) is 3.90. The second-order valence-corrected chi connectivity index (χ2v) is 7.63. The summed E-state index contributed by atoms with van der Waals surface area (Å²) in [7, 11) is 1.54. The SMILES string of the molecule is CCCC1CCC(c2cc(C=CC(C)=O)c(OCOCCOC)c(F)c2F)CC1. The molecule has 2 rings (SSSR count). The van der Waals surface area contributed by atoms with E-state index in [2.05, 4.69) is 6.92 Å². The molecule has 0 saturated heterocycles. The van der Waals surface area contributed by atoms with E-state index in [1.807, 2.05) is 0 Å². The molecule has 1 aliphatic carbocycles. The third-order valence-electron chi connectivity index (χ3n) is 5.42. The number of ether oxygens (including phenoxy) is 3. The van der Waals surface area contributed by atoms with Crippen molar-refractivity contribution in [2.45, 2.75) is 58.3 Å². The Labute approximate surface area is 172 Å². The number of hydrogen-bond donors (Lipinski definition) is 0. The third kappa shape index (κ3) is 6.89. The highest BCUT2D eigenvalue weighted by molar-refractivity contribution is 5.92. The predicted molar refractivity (Wildman–Crippen MR) is 109 cm³/mol. The summed E-state index contributed by atoms with van der Waals surface area (Å²) in [4.78, 5) is 11.4. The number of carbonyl (C=O) groups excluding carboxylic acids is 1. The van der Waals surface area contributed by atoms with Crippen LogP contribution in [0.25, 0.3) is 6.08 Å². The van der Waals surface area contributed by atoms with Crippen LogP contribution in [0.4, 0.5) is 8.78 Å². The maximum absolute atomic E-state index is 14.9. The van der Waals surface area contributed by atoms with Crippen LogP contribution in [0.2, 0.25) is 0 Å². The molecular formula is C23H32F2O4. The molecule has 1 fully saturated rings. The van der Waals surface area contributed by atoms with Gasteiger partial charge in [0.1, 0.15) is 0 Å². The Balaban J connectivity index is 2.23. The van der Waals surface area contributed by atoms with Crippen LogP contribution in [0.1, 0.15) is 69.4 Å². The molecule has 6 heteroatoms. The van der Waals surface area contributed by atoms with Gasteiger partial charge < -0.3 is 14.2 Å². The zero-order valence-corrected chi connectivity index (χ0v) is 17.6. The number of ketones is 1. The van der Waals surface area contributed by atoms with E-state index in [1.165, 1.54) is 25.5 Å². The molecule has 0 atom stereocenters. The van der Waals surface area contributed by atoms with E-state index >= 15 is 0 Å². The van der Waals surface area contributed by atoms with Gasteiger partial charge in [-0.3, -0.25) is 4.79 Å².